The molecule has 0 spiro atoms. The number of likely N-dealkylation sites (N-methyl/N-ethyl adjacent to an activating group) is 1. The number of hydrogen-bond acceptors (Lipinski definition) is 4. The van der Waals surface area contributed by atoms with Gasteiger partial charge in [0, 0.05) is 49.6 Å². The predicted octanol–water partition coefficient (Wildman–Crippen LogP) is 4.46. The molecule has 4 rings (SSSR count). The molecule has 0 unspecified atom stereocenters. The summed E-state index contributed by atoms with van der Waals surface area (Å²) in [5.74, 6) is 2.40. The van der Waals surface area contributed by atoms with Gasteiger partial charge in [-0.25, -0.2) is 0 Å². The summed E-state index contributed by atoms with van der Waals surface area (Å²) in [7, 11) is 1.95. The lowest BCUT2D eigenvalue weighted by molar-refractivity contribution is -0.114. The molecular formula is C24H27N3OS. The molecule has 0 atom stereocenters. The van der Waals surface area contributed by atoms with Gasteiger partial charge in [0.05, 0.1) is 6.54 Å². The minimum Gasteiger partial charge on any atom is -0.365 e. The van der Waals surface area contributed by atoms with Crippen molar-refractivity contribution < 1.29 is 4.79 Å². The molecule has 0 bridgehead atoms. The minimum absolute atomic E-state index is 0.00724. The number of fused-ring (bicyclic) bond motifs is 1. The fourth-order valence-electron chi connectivity index (χ4n) is 3.69. The van der Waals surface area contributed by atoms with Gasteiger partial charge in [0.2, 0.25) is 5.91 Å². The SMILES string of the molecule is CN(CC(=O)Nc1cccc(CN2CCSCC2)c1)c1ccc2ccccc2c1. The number of amides is 1. The first kappa shape index (κ1) is 19.8. The summed E-state index contributed by atoms with van der Waals surface area (Å²) in [5, 5.41) is 5.44. The van der Waals surface area contributed by atoms with Gasteiger partial charge in [-0.15, -0.1) is 0 Å². The number of carbonyl (C=O) groups excluding carboxylic acids is 1. The van der Waals surface area contributed by atoms with Crippen molar-refractivity contribution in [1.82, 2.24) is 4.90 Å². The molecule has 29 heavy (non-hydrogen) atoms. The third kappa shape index (κ3) is 5.31. The molecule has 1 saturated heterocycles. The molecule has 3 aromatic carbocycles. The Bertz CT molecular complexity index is 985. The molecule has 1 amide bonds. The van der Waals surface area contributed by atoms with Gasteiger partial charge in [0.25, 0.3) is 0 Å². The van der Waals surface area contributed by atoms with E-state index in [1.807, 2.05) is 48.0 Å². The van der Waals surface area contributed by atoms with Crippen molar-refractivity contribution >= 4 is 39.8 Å². The monoisotopic (exact) mass is 405 g/mol. The minimum atomic E-state index is -0.00724. The molecule has 1 fully saturated rings. The molecule has 1 heterocycles. The van der Waals surface area contributed by atoms with Crippen LogP contribution in [0.5, 0.6) is 0 Å². The van der Waals surface area contributed by atoms with Gasteiger partial charge in [-0.1, -0.05) is 42.5 Å². The van der Waals surface area contributed by atoms with Gasteiger partial charge >= 0.3 is 0 Å². The Balaban J connectivity index is 1.36. The highest BCUT2D eigenvalue weighted by atomic mass is 32.2. The van der Waals surface area contributed by atoms with Crippen LogP contribution in [0.25, 0.3) is 10.8 Å². The molecule has 1 aliphatic heterocycles. The fraction of sp³-hybridized carbons (Fsp3) is 0.292. The molecule has 150 valence electrons. The van der Waals surface area contributed by atoms with Crippen LogP contribution in [0.4, 0.5) is 11.4 Å². The van der Waals surface area contributed by atoms with Gasteiger partial charge in [0.15, 0.2) is 0 Å². The average molecular weight is 406 g/mol. The summed E-state index contributed by atoms with van der Waals surface area (Å²) in [6.07, 6.45) is 0. The van der Waals surface area contributed by atoms with Crippen LogP contribution in [-0.2, 0) is 11.3 Å². The highest BCUT2D eigenvalue weighted by Crippen LogP contribution is 2.21. The lowest BCUT2D eigenvalue weighted by Crippen LogP contribution is -2.32. The summed E-state index contributed by atoms with van der Waals surface area (Å²) in [6.45, 7) is 3.53. The predicted molar refractivity (Wildman–Crippen MR) is 125 cm³/mol. The molecule has 4 nitrogen and oxygen atoms in total. The van der Waals surface area contributed by atoms with Crippen LogP contribution in [0, 0.1) is 0 Å². The van der Waals surface area contributed by atoms with Crippen molar-refractivity contribution in [2.24, 2.45) is 0 Å². The average Bonchev–Trinajstić information content (AvgIpc) is 2.74. The zero-order valence-electron chi connectivity index (χ0n) is 16.8. The number of carbonyl (C=O) groups is 1. The first-order chi connectivity index (χ1) is 14.2. The van der Waals surface area contributed by atoms with Crippen molar-refractivity contribution in [3.8, 4) is 0 Å². The van der Waals surface area contributed by atoms with Crippen molar-refractivity contribution in [1.29, 1.82) is 0 Å². The summed E-state index contributed by atoms with van der Waals surface area (Å²) in [5.41, 5.74) is 3.15. The second-order valence-corrected chi connectivity index (χ2v) is 8.75. The number of anilines is 2. The molecule has 5 heteroatoms. The van der Waals surface area contributed by atoms with Crippen molar-refractivity contribution in [3.63, 3.8) is 0 Å². The molecule has 0 aliphatic carbocycles. The van der Waals surface area contributed by atoms with E-state index >= 15 is 0 Å². The normalized spacial score (nSPS) is 14.7. The van der Waals surface area contributed by atoms with Crippen LogP contribution in [0.2, 0.25) is 0 Å². The Morgan fingerprint density at radius 1 is 1.00 bits per heavy atom. The molecular weight excluding hydrogens is 378 g/mol. The zero-order valence-corrected chi connectivity index (χ0v) is 17.6. The van der Waals surface area contributed by atoms with E-state index in [0.29, 0.717) is 6.54 Å². The van der Waals surface area contributed by atoms with Crippen LogP contribution in [0.1, 0.15) is 5.56 Å². The second-order valence-electron chi connectivity index (χ2n) is 7.52. The maximum absolute atomic E-state index is 12.6. The second kappa shape index (κ2) is 9.33. The van der Waals surface area contributed by atoms with E-state index in [2.05, 4.69) is 52.7 Å². The van der Waals surface area contributed by atoms with Crippen LogP contribution in [0.15, 0.2) is 66.7 Å². The standard InChI is InChI=1S/C24H27N3OS/c1-26(23-10-9-20-6-2-3-7-21(20)16-23)18-24(28)25-22-8-4-5-19(15-22)17-27-11-13-29-14-12-27/h2-10,15-16H,11-14,17-18H2,1H3,(H,25,28). The summed E-state index contributed by atoms with van der Waals surface area (Å²) < 4.78 is 0. The van der Waals surface area contributed by atoms with Crippen LogP contribution in [-0.4, -0.2) is 49.0 Å². The highest BCUT2D eigenvalue weighted by molar-refractivity contribution is 7.99. The molecule has 3 aromatic rings. The largest absolute Gasteiger partial charge is 0.365 e. The zero-order chi connectivity index (χ0) is 20.1. The van der Waals surface area contributed by atoms with E-state index in [1.54, 1.807) is 0 Å². The molecule has 1 N–H and O–H groups in total. The number of nitrogens with one attached hydrogen (secondary N) is 1. The van der Waals surface area contributed by atoms with Crippen molar-refractivity contribution in [3.05, 3.63) is 72.3 Å². The van der Waals surface area contributed by atoms with Crippen LogP contribution in [0.3, 0.4) is 0 Å². The van der Waals surface area contributed by atoms with E-state index in [0.717, 1.165) is 31.0 Å². The lowest BCUT2D eigenvalue weighted by Gasteiger charge is -2.26. The van der Waals surface area contributed by atoms with E-state index in [9.17, 15) is 4.79 Å². The Hall–Kier alpha value is -2.50. The number of nitrogens with zero attached hydrogens (tertiary/aromatic N) is 2. The number of benzene rings is 3. The van der Waals surface area contributed by atoms with Gasteiger partial charge in [0.1, 0.15) is 0 Å². The van der Waals surface area contributed by atoms with Crippen molar-refractivity contribution in [2.45, 2.75) is 6.54 Å². The summed E-state index contributed by atoms with van der Waals surface area (Å²) in [4.78, 5) is 17.1. The molecule has 0 aromatic heterocycles. The van der Waals surface area contributed by atoms with Gasteiger partial charge in [-0.3, -0.25) is 9.69 Å². The lowest BCUT2D eigenvalue weighted by atomic mass is 10.1. The fourth-order valence-corrected chi connectivity index (χ4v) is 4.66. The maximum Gasteiger partial charge on any atom is 0.243 e. The number of rotatable bonds is 6. The third-order valence-corrected chi connectivity index (χ3v) is 6.22. The summed E-state index contributed by atoms with van der Waals surface area (Å²) >= 11 is 2.02. The maximum atomic E-state index is 12.6. The van der Waals surface area contributed by atoms with Crippen LogP contribution < -0.4 is 10.2 Å². The number of thioether (sulfide) groups is 1. The quantitative estimate of drug-likeness (QED) is 0.657. The van der Waals surface area contributed by atoms with Gasteiger partial charge in [-0.2, -0.15) is 11.8 Å². The number of hydrogen-bond donors (Lipinski definition) is 1. The Morgan fingerprint density at radius 2 is 1.79 bits per heavy atom. The molecule has 0 saturated carbocycles. The smallest absolute Gasteiger partial charge is 0.243 e. The van der Waals surface area contributed by atoms with Gasteiger partial charge in [-0.05, 0) is 40.6 Å². The van der Waals surface area contributed by atoms with E-state index in [-0.39, 0.29) is 5.91 Å². The Morgan fingerprint density at radius 3 is 2.62 bits per heavy atom. The summed E-state index contributed by atoms with van der Waals surface area (Å²) in [6, 6.07) is 22.8. The molecule has 1 aliphatic rings. The third-order valence-electron chi connectivity index (χ3n) is 5.28. The van der Waals surface area contributed by atoms with Crippen molar-refractivity contribution in [2.75, 3.05) is 48.4 Å². The van der Waals surface area contributed by atoms with E-state index in [4.69, 9.17) is 0 Å². The van der Waals surface area contributed by atoms with E-state index < -0.39 is 0 Å². The first-order valence-electron chi connectivity index (χ1n) is 10.1. The highest BCUT2D eigenvalue weighted by Gasteiger charge is 2.12. The Kier molecular flexibility index (Phi) is 6.37. The Labute approximate surface area is 176 Å². The van der Waals surface area contributed by atoms with Gasteiger partial charge < -0.3 is 10.2 Å². The molecule has 0 radical (unpaired) electrons. The first-order valence-corrected chi connectivity index (χ1v) is 11.2. The topological polar surface area (TPSA) is 35.6 Å². The van der Waals surface area contributed by atoms with E-state index in [1.165, 1.54) is 27.8 Å². The van der Waals surface area contributed by atoms with Crippen LogP contribution >= 0.6 is 11.8 Å².